The molecule has 1 radical (unpaired) electrons. The zero-order valence-corrected chi connectivity index (χ0v) is 8.61. The maximum atomic E-state index is 10.8. The van der Waals surface area contributed by atoms with E-state index in [4.69, 9.17) is 0 Å². The molecule has 2 rings (SSSR count). The molecular weight excluding hydrogens is 190 g/mol. The van der Waals surface area contributed by atoms with Crippen molar-refractivity contribution in [3.8, 4) is 0 Å². The molecule has 0 saturated heterocycles. The van der Waals surface area contributed by atoms with E-state index in [1.807, 2.05) is 12.1 Å². The van der Waals surface area contributed by atoms with Crippen LogP contribution in [-0.4, -0.2) is 4.92 Å². The molecule has 79 valence electrons. The fraction of sp³-hybridized carbons (Fsp3) is 0.500. The molecule has 0 aliphatic heterocycles. The Labute approximate surface area is 89.3 Å². The van der Waals surface area contributed by atoms with Gasteiger partial charge in [0.1, 0.15) is 0 Å². The highest BCUT2D eigenvalue weighted by atomic mass is 16.6. The molecule has 1 saturated carbocycles. The maximum absolute atomic E-state index is 10.8. The van der Waals surface area contributed by atoms with Crippen molar-refractivity contribution < 1.29 is 4.92 Å². The van der Waals surface area contributed by atoms with E-state index in [-0.39, 0.29) is 10.6 Å². The van der Waals surface area contributed by atoms with Gasteiger partial charge in [0, 0.05) is 5.56 Å². The largest absolute Gasteiger partial charge is 0.280 e. The van der Waals surface area contributed by atoms with Crippen LogP contribution in [0.15, 0.2) is 18.2 Å². The smallest absolute Gasteiger partial charge is 0.258 e. The molecule has 0 spiro atoms. The monoisotopic (exact) mass is 204 g/mol. The average Bonchev–Trinajstić information content (AvgIpc) is 2.30. The molecule has 1 aliphatic carbocycles. The Morgan fingerprint density at radius 2 is 2.07 bits per heavy atom. The summed E-state index contributed by atoms with van der Waals surface area (Å²) in [5.41, 5.74) is 1.05. The van der Waals surface area contributed by atoms with Crippen LogP contribution in [0.3, 0.4) is 0 Å². The van der Waals surface area contributed by atoms with Crippen molar-refractivity contribution in [2.75, 3.05) is 0 Å². The van der Waals surface area contributed by atoms with E-state index in [0.29, 0.717) is 5.92 Å². The molecule has 3 nitrogen and oxygen atoms in total. The number of benzene rings is 1. The molecule has 0 heterocycles. The molecule has 0 N–H and O–H groups in total. The van der Waals surface area contributed by atoms with Crippen LogP contribution >= 0.6 is 0 Å². The number of nitro groups is 1. The van der Waals surface area contributed by atoms with Crippen LogP contribution in [0.5, 0.6) is 0 Å². The first-order valence-corrected chi connectivity index (χ1v) is 5.44. The Hall–Kier alpha value is -1.38. The predicted molar refractivity (Wildman–Crippen MR) is 57.8 cm³/mol. The third-order valence-corrected chi connectivity index (χ3v) is 3.09. The van der Waals surface area contributed by atoms with Crippen molar-refractivity contribution in [3.05, 3.63) is 39.9 Å². The SMILES string of the molecule is O=[N+]([O-])c1[c]cccc1C1CCCCC1. The highest BCUT2D eigenvalue weighted by molar-refractivity contribution is 5.41. The number of nitrogens with zero attached hydrogens (tertiary/aromatic N) is 1. The molecular formula is C12H14NO2. The van der Waals surface area contributed by atoms with Gasteiger partial charge in [-0.25, -0.2) is 0 Å². The van der Waals surface area contributed by atoms with Gasteiger partial charge in [0.2, 0.25) is 0 Å². The second-order valence-electron chi connectivity index (χ2n) is 4.07. The summed E-state index contributed by atoms with van der Waals surface area (Å²) in [6.45, 7) is 0. The molecule has 15 heavy (non-hydrogen) atoms. The lowest BCUT2D eigenvalue weighted by Crippen LogP contribution is -2.07. The summed E-state index contributed by atoms with van der Waals surface area (Å²) in [7, 11) is 0. The highest BCUT2D eigenvalue weighted by Gasteiger charge is 2.23. The molecule has 3 heteroatoms. The lowest BCUT2D eigenvalue weighted by atomic mass is 9.83. The lowest BCUT2D eigenvalue weighted by Gasteiger charge is -2.21. The van der Waals surface area contributed by atoms with Crippen molar-refractivity contribution in [1.82, 2.24) is 0 Å². The third-order valence-electron chi connectivity index (χ3n) is 3.09. The van der Waals surface area contributed by atoms with Crippen molar-refractivity contribution >= 4 is 5.69 Å². The summed E-state index contributed by atoms with van der Waals surface area (Å²) in [6.07, 6.45) is 5.81. The van der Waals surface area contributed by atoms with Gasteiger partial charge in [-0.1, -0.05) is 31.4 Å². The van der Waals surface area contributed by atoms with E-state index >= 15 is 0 Å². The topological polar surface area (TPSA) is 43.1 Å². The lowest BCUT2D eigenvalue weighted by molar-refractivity contribution is -0.386. The molecule has 0 aromatic heterocycles. The summed E-state index contributed by atoms with van der Waals surface area (Å²) in [6, 6.07) is 8.07. The van der Waals surface area contributed by atoms with Crippen LogP contribution in [0.2, 0.25) is 0 Å². The van der Waals surface area contributed by atoms with Gasteiger partial charge in [-0.2, -0.15) is 0 Å². The van der Waals surface area contributed by atoms with Gasteiger partial charge in [-0.05, 0) is 24.8 Å². The minimum Gasteiger partial charge on any atom is -0.258 e. The normalized spacial score (nSPS) is 17.6. The Bertz CT molecular complexity index is 356. The zero-order valence-electron chi connectivity index (χ0n) is 8.61. The van der Waals surface area contributed by atoms with Gasteiger partial charge in [0.05, 0.1) is 11.0 Å². The molecule has 0 bridgehead atoms. The van der Waals surface area contributed by atoms with Crippen LogP contribution < -0.4 is 0 Å². The fourth-order valence-corrected chi connectivity index (χ4v) is 2.34. The summed E-state index contributed by atoms with van der Waals surface area (Å²) >= 11 is 0. The Morgan fingerprint density at radius 3 is 2.73 bits per heavy atom. The van der Waals surface area contributed by atoms with Crippen LogP contribution in [-0.2, 0) is 0 Å². The van der Waals surface area contributed by atoms with Gasteiger partial charge in [-0.15, -0.1) is 0 Å². The van der Waals surface area contributed by atoms with Gasteiger partial charge in [0.25, 0.3) is 5.69 Å². The minimum atomic E-state index is -0.316. The Morgan fingerprint density at radius 1 is 1.33 bits per heavy atom. The predicted octanol–water partition coefficient (Wildman–Crippen LogP) is 3.44. The first-order valence-electron chi connectivity index (χ1n) is 5.44. The molecule has 1 aromatic rings. The Kier molecular flexibility index (Phi) is 2.99. The number of rotatable bonds is 2. The van der Waals surface area contributed by atoms with E-state index < -0.39 is 0 Å². The number of hydrogen-bond acceptors (Lipinski definition) is 2. The third kappa shape index (κ3) is 2.17. The van der Waals surface area contributed by atoms with Crippen molar-refractivity contribution in [2.45, 2.75) is 38.0 Å². The minimum absolute atomic E-state index is 0.171. The van der Waals surface area contributed by atoms with E-state index in [0.717, 1.165) is 18.4 Å². The second-order valence-corrected chi connectivity index (χ2v) is 4.07. The van der Waals surface area contributed by atoms with Gasteiger partial charge >= 0.3 is 0 Å². The van der Waals surface area contributed by atoms with Gasteiger partial charge < -0.3 is 0 Å². The number of para-hydroxylation sites is 1. The van der Waals surface area contributed by atoms with Crippen molar-refractivity contribution in [2.24, 2.45) is 0 Å². The molecule has 1 fully saturated rings. The quantitative estimate of drug-likeness (QED) is 0.547. The summed E-state index contributed by atoms with van der Waals surface area (Å²) in [5.74, 6) is 0.372. The molecule has 1 aliphatic rings. The maximum Gasteiger partial charge on any atom is 0.280 e. The van der Waals surface area contributed by atoms with E-state index in [1.165, 1.54) is 19.3 Å². The van der Waals surface area contributed by atoms with E-state index in [1.54, 1.807) is 6.07 Å². The van der Waals surface area contributed by atoms with Crippen molar-refractivity contribution in [3.63, 3.8) is 0 Å². The molecule has 0 atom stereocenters. The van der Waals surface area contributed by atoms with Crippen LogP contribution in [0.1, 0.15) is 43.6 Å². The highest BCUT2D eigenvalue weighted by Crippen LogP contribution is 2.36. The summed E-state index contributed by atoms with van der Waals surface area (Å²) in [5, 5.41) is 10.8. The summed E-state index contributed by atoms with van der Waals surface area (Å²) < 4.78 is 0. The molecule has 0 amide bonds. The second kappa shape index (κ2) is 4.43. The zero-order chi connectivity index (χ0) is 10.7. The van der Waals surface area contributed by atoms with Crippen LogP contribution in [0.4, 0.5) is 5.69 Å². The molecule has 1 aromatic carbocycles. The van der Waals surface area contributed by atoms with Crippen LogP contribution in [0.25, 0.3) is 0 Å². The standard InChI is InChI=1S/C12H14NO2/c14-13(15)12-9-5-4-8-11(12)10-6-2-1-3-7-10/h4-5,8,10H,1-3,6-7H2. The number of nitro benzene ring substituents is 1. The number of hydrogen-bond donors (Lipinski definition) is 0. The average molecular weight is 204 g/mol. The fourth-order valence-electron chi connectivity index (χ4n) is 2.34. The first kappa shape index (κ1) is 10.1. The Balaban J connectivity index is 2.29. The van der Waals surface area contributed by atoms with Gasteiger partial charge in [0.15, 0.2) is 0 Å². The van der Waals surface area contributed by atoms with Crippen molar-refractivity contribution in [1.29, 1.82) is 0 Å². The first-order chi connectivity index (χ1) is 7.29. The molecule has 0 unspecified atom stereocenters. The van der Waals surface area contributed by atoms with E-state index in [2.05, 4.69) is 6.07 Å². The van der Waals surface area contributed by atoms with Crippen LogP contribution in [0, 0.1) is 16.2 Å². The summed E-state index contributed by atoms with van der Waals surface area (Å²) in [4.78, 5) is 10.5. The van der Waals surface area contributed by atoms with E-state index in [9.17, 15) is 10.1 Å². The van der Waals surface area contributed by atoms with Gasteiger partial charge in [-0.3, -0.25) is 10.1 Å².